The van der Waals surface area contributed by atoms with Crippen molar-refractivity contribution in [3.05, 3.63) is 23.8 Å². The molecule has 4 N–H and O–H groups in total. The Morgan fingerprint density at radius 2 is 2.00 bits per heavy atom. The topological polar surface area (TPSA) is 69.7 Å². The van der Waals surface area contributed by atoms with Crippen molar-refractivity contribution in [2.24, 2.45) is 17.6 Å². The molecule has 4 heteroatoms. The highest BCUT2D eigenvalue weighted by atomic mass is 16.3. The lowest BCUT2D eigenvalue weighted by molar-refractivity contribution is 0.0956. The van der Waals surface area contributed by atoms with Gasteiger partial charge in [0.05, 0.1) is 5.56 Å². The number of aromatic hydroxyl groups is 2. The highest BCUT2D eigenvalue weighted by Gasteiger charge is 2.30. The van der Waals surface area contributed by atoms with Crippen molar-refractivity contribution in [2.45, 2.75) is 26.3 Å². The lowest BCUT2D eigenvalue weighted by Gasteiger charge is -2.40. The number of benzene rings is 1. The average Bonchev–Trinajstić information content (AvgIpc) is 2.39. The van der Waals surface area contributed by atoms with Crippen LogP contribution < -0.4 is 5.73 Å². The van der Waals surface area contributed by atoms with E-state index in [0.717, 1.165) is 19.5 Å². The fourth-order valence-electron chi connectivity index (χ4n) is 2.99. The zero-order valence-corrected chi connectivity index (χ0v) is 11.7. The molecule has 3 atom stereocenters. The Kier molecular flexibility index (Phi) is 4.32. The van der Waals surface area contributed by atoms with Gasteiger partial charge in [0.2, 0.25) is 0 Å². The molecular weight excluding hydrogens is 240 g/mol. The number of rotatable bonds is 3. The minimum atomic E-state index is 0.00255. The molecule has 1 saturated heterocycles. The minimum absolute atomic E-state index is 0.00255. The summed E-state index contributed by atoms with van der Waals surface area (Å²) < 4.78 is 0. The van der Waals surface area contributed by atoms with Crippen molar-refractivity contribution in [1.29, 1.82) is 0 Å². The van der Waals surface area contributed by atoms with Crippen molar-refractivity contribution in [3.63, 3.8) is 0 Å². The quantitative estimate of drug-likeness (QED) is 0.781. The van der Waals surface area contributed by atoms with Crippen LogP contribution >= 0.6 is 0 Å². The number of piperidine rings is 1. The summed E-state index contributed by atoms with van der Waals surface area (Å²) in [4.78, 5) is 2.30. The van der Waals surface area contributed by atoms with E-state index in [4.69, 9.17) is 5.73 Å². The zero-order chi connectivity index (χ0) is 14.0. The zero-order valence-electron chi connectivity index (χ0n) is 11.7. The van der Waals surface area contributed by atoms with Crippen molar-refractivity contribution >= 4 is 0 Å². The van der Waals surface area contributed by atoms with Crippen LogP contribution in [0.3, 0.4) is 0 Å². The highest BCUT2D eigenvalue weighted by Crippen LogP contribution is 2.37. The molecule has 1 aliphatic heterocycles. The second-order valence-electron chi connectivity index (χ2n) is 5.64. The van der Waals surface area contributed by atoms with Crippen molar-refractivity contribution in [2.75, 3.05) is 19.6 Å². The standard InChI is InChI=1S/C15H24N2O2/c1-10-6-7-17(9-12(10)8-16)11(2)15-13(18)4-3-5-14(15)19/h3-5,10-12,18-19H,6-9,16H2,1-2H3. The van der Waals surface area contributed by atoms with Gasteiger partial charge < -0.3 is 15.9 Å². The fraction of sp³-hybridized carbons (Fsp3) is 0.600. The Morgan fingerprint density at radius 1 is 1.37 bits per heavy atom. The molecule has 1 fully saturated rings. The largest absolute Gasteiger partial charge is 0.507 e. The molecule has 1 aromatic carbocycles. The van der Waals surface area contributed by atoms with E-state index in [9.17, 15) is 10.2 Å². The summed E-state index contributed by atoms with van der Waals surface area (Å²) in [6.07, 6.45) is 1.11. The molecule has 0 aliphatic carbocycles. The first-order chi connectivity index (χ1) is 9.04. The lowest BCUT2D eigenvalue weighted by Crippen LogP contribution is -2.43. The summed E-state index contributed by atoms with van der Waals surface area (Å²) >= 11 is 0. The molecule has 1 aromatic rings. The van der Waals surface area contributed by atoms with E-state index in [1.165, 1.54) is 0 Å². The Balaban J connectivity index is 2.18. The van der Waals surface area contributed by atoms with Crippen LogP contribution in [0.2, 0.25) is 0 Å². The number of nitrogens with zero attached hydrogens (tertiary/aromatic N) is 1. The Morgan fingerprint density at radius 3 is 2.58 bits per heavy atom. The number of likely N-dealkylation sites (tertiary alicyclic amines) is 1. The minimum Gasteiger partial charge on any atom is -0.507 e. The average molecular weight is 264 g/mol. The second kappa shape index (κ2) is 5.80. The summed E-state index contributed by atoms with van der Waals surface area (Å²) in [5.74, 6) is 1.46. The van der Waals surface area contributed by atoms with Gasteiger partial charge in [0.15, 0.2) is 0 Å². The van der Waals surface area contributed by atoms with Crippen LogP contribution in [0, 0.1) is 11.8 Å². The molecule has 19 heavy (non-hydrogen) atoms. The van der Waals surface area contributed by atoms with Crippen LogP contribution in [0.25, 0.3) is 0 Å². The van der Waals surface area contributed by atoms with E-state index < -0.39 is 0 Å². The van der Waals surface area contributed by atoms with Gasteiger partial charge in [-0.05, 0) is 50.4 Å². The van der Waals surface area contributed by atoms with Gasteiger partial charge in [-0.2, -0.15) is 0 Å². The van der Waals surface area contributed by atoms with Gasteiger partial charge in [-0.25, -0.2) is 0 Å². The third kappa shape index (κ3) is 2.85. The molecule has 1 heterocycles. The first-order valence-electron chi connectivity index (χ1n) is 6.99. The van der Waals surface area contributed by atoms with Crippen LogP contribution in [0.4, 0.5) is 0 Å². The first-order valence-corrected chi connectivity index (χ1v) is 6.99. The predicted molar refractivity (Wildman–Crippen MR) is 76.1 cm³/mol. The maximum atomic E-state index is 9.96. The van der Waals surface area contributed by atoms with Gasteiger partial charge in [-0.3, -0.25) is 4.90 Å². The molecule has 106 valence electrons. The van der Waals surface area contributed by atoms with E-state index >= 15 is 0 Å². The summed E-state index contributed by atoms with van der Waals surface area (Å²) in [7, 11) is 0. The van der Waals surface area contributed by atoms with Gasteiger partial charge in [-0.15, -0.1) is 0 Å². The van der Waals surface area contributed by atoms with Crippen molar-refractivity contribution < 1.29 is 10.2 Å². The summed E-state index contributed by atoms with van der Waals surface area (Å²) in [6.45, 7) is 6.87. The molecule has 0 aromatic heterocycles. The van der Waals surface area contributed by atoms with Crippen LogP contribution in [0.5, 0.6) is 11.5 Å². The van der Waals surface area contributed by atoms with E-state index in [1.807, 2.05) is 6.92 Å². The third-order valence-electron chi connectivity index (χ3n) is 4.47. The molecule has 0 spiro atoms. The maximum absolute atomic E-state index is 9.96. The van der Waals surface area contributed by atoms with E-state index in [-0.39, 0.29) is 17.5 Å². The number of hydrogen-bond acceptors (Lipinski definition) is 4. The second-order valence-corrected chi connectivity index (χ2v) is 5.64. The van der Waals surface area contributed by atoms with E-state index in [2.05, 4.69) is 11.8 Å². The highest BCUT2D eigenvalue weighted by molar-refractivity contribution is 5.45. The molecular formula is C15H24N2O2. The van der Waals surface area contributed by atoms with Gasteiger partial charge in [0.1, 0.15) is 11.5 Å². The molecule has 0 radical (unpaired) electrons. The van der Waals surface area contributed by atoms with Crippen molar-refractivity contribution in [1.82, 2.24) is 4.90 Å². The molecule has 2 rings (SSSR count). The molecule has 0 saturated carbocycles. The monoisotopic (exact) mass is 264 g/mol. The Bertz CT molecular complexity index is 416. The maximum Gasteiger partial charge on any atom is 0.124 e. The van der Waals surface area contributed by atoms with Gasteiger partial charge in [0, 0.05) is 12.6 Å². The van der Waals surface area contributed by atoms with Crippen molar-refractivity contribution in [3.8, 4) is 11.5 Å². The Hall–Kier alpha value is -1.26. The van der Waals surface area contributed by atoms with Crippen LogP contribution in [0.1, 0.15) is 31.9 Å². The smallest absolute Gasteiger partial charge is 0.124 e. The Labute approximate surface area is 114 Å². The van der Waals surface area contributed by atoms with Gasteiger partial charge in [-0.1, -0.05) is 13.0 Å². The molecule has 4 nitrogen and oxygen atoms in total. The van der Waals surface area contributed by atoms with Crippen LogP contribution in [0.15, 0.2) is 18.2 Å². The molecule has 3 unspecified atom stereocenters. The number of hydrogen-bond donors (Lipinski definition) is 3. The molecule has 1 aliphatic rings. The lowest BCUT2D eigenvalue weighted by atomic mass is 9.86. The third-order valence-corrected chi connectivity index (χ3v) is 4.47. The molecule has 0 bridgehead atoms. The number of nitrogens with two attached hydrogens (primary N) is 1. The fourth-order valence-corrected chi connectivity index (χ4v) is 2.99. The predicted octanol–water partition coefficient (Wildman–Crippen LogP) is 2.08. The number of phenols is 2. The number of phenolic OH excluding ortho intramolecular Hbond substituents is 2. The normalized spacial score (nSPS) is 26.3. The first kappa shape index (κ1) is 14.2. The van der Waals surface area contributed by atoms with Gasteiger partial charge >= 0.3 is 0 Å². The summed E-state index contributed by atoms with van der Waals surface area (Å²) in [5, 5.41) is 19.9. The molecule has 0 amide bonds. The summed E-state index contributed by atoms with van der Waals surface area (Å²) in [6, 6.07) is 4.90. The van der Waals surface area contributed by atoms with Crippen LogP contribution in [-0.2, 0) is 0 Å². The summed E-state index contributed by atoms with van der Waals surface area (Å²) in [5.41, 5.74) is 6.45. The van der Waals surface area contributed by atoms with E-state index in [1.54, 1.807) is 18.2 Å². The van der Waals surface area contributed by atoms with Crippen LogP contribution in [-0.4, -0.2) is 34.7 Å². The SMILES string of the molecule is CC1CCN(C(C)c2c(O)cccc2O)CC1CN. The van der Waals surface area contributed by atoms with Gasteiger partial charge in [0.25, 0.3) is 0 Å². The van der Waals surface area contributed by atoms with E-state index in [0.29, 0.717) is 23.9 Å².